The van der Waals surface area contributed by atoms with Crippen LogP contribution < -0.4 is 0 Å². The Hall–Kier alpha value is -1.39. The molecule has 3 rings (SSSR count). The van der Waals surface area contributed by atoms with Crippen molar-refractivity contribution in [2.75, 3.05) is 32.8 Å². The van der Waals surface area contributed by atoms with Gasteiger partial charge in [-0.2, -0.15) is 0 Å². The molecule has 0 unspecified atom stereocenters. The Kier molecular flexibility index (Phi) is 6.27. The smallest absolute Gasteiger partial charge is 0.236 e. The fourth-order valence-electron chi connectivity index (χ4n) is 3.72. The second-order valence-corrected chi connectivity index (χ2v) is 7.27. The molecule has 1 heterocycles. The molecule has 4 nitrogen and oxygen atoms in total. The average molecular weight is 330 g/mol. The first-order chi connectivity index (χ1) is 11.8. The molecule has 1 saturated heterocycles. The summed E-state index contributed by atoms with van der Waals surface area (Å²) >= 11 is 0. The number of amides is 1. The van der Waals surface area contributed by atoms with Gasteiger partial charge in [-0.05, 0) is 50.0 Å². The van der Waals surface area contributed by atoms with E-state index in [1.54, 1.807) is 0 Å². The molecule has 2 fully saturated rings. The predicted octanol–water partition coefficient (Wildman–Crippen LogP) is 2.31. The van der Waals surface area contributed by atoms with Gasteiger partial charge in [0, 0.05) is 25.7 Å². The van der Waals surface area contributed by atoms with Crippen LogP contribution in [-0.2, 0) is 11.2 Å². The Bertz CT molecular complexity index is 508. The number of hydrogen-bond donors (Lipinski definition) is 1. The van der Waals surface area contributed by atoms with Gasteiger partial charge in [-0.3, -0.25) is 9.69 Å². The van der Waals surface area contributed by atoms with Crippen molar-refractivity contribution in [1.29, 1.82) is 0 Å². The monoisotopic (exact) mass is 330 g/mol. The van der Waals surface area contributed by atoms with E-state index in [1.165, 1.54) is 24.8 Å². The van der Waals surface area contributed by atoms with E-state index in [1.807, 2.05) is 4.90 Å². The third-order valence-electron chi connectivity index (χ3n) is 5.44. The van der Waals surface area contributed by atoms with Crippen LogP contribution in [0.25, 0.3) is 0 Å². The number of nitrogens with zero attached hydrogens (tertiary/aromatic N) is 2. The lowest BCUT2D eigenvalue weighted by atomic mass is 9.90. The molecule has 1 aliphatic carbocycles. The number of carbonyl (C=O) groups is 1. The molecule has 132 valence electrons. The summed E-state index contributed by atoms with van der Waals surface area (Å²) in [5.74, 6) is 0.989. The summed E-state index contributed by atoms with van der Waals surface area (Å²) in [5.41, 5.74) is 1.42. The molecular weight excluding hydrogens is 300 g/mol. The van der Waals surface area contributed by atoms with Gasteiger partial charge in [-0.25, -0.2) is 0 Å². The van der Waals surface area contributed by atoms with Gasteiger partial charge >= 0.3 is 0 Å². The lowest BCUT2D eigenvalue weighted by molar-refractivity contribution is -0.134. The highest BCUT2D eigenvalue weighted by Crippen LogP contribution is 2.27. The molecule has 1 aromatic carbocycles. The molecule has 0 aromatic heterocycles. The quantitative estimate of drug-likeness (QED) is 0.795. The van der Waals surface area contributed by atoms with E-state index in [-0.39, 0.29) is 12.5 Å². The summed E-state index contributed by atoms with van der Waals surface area (Å²) < 4.78 is 0. The zero-order chi connectivity index (χ0) is 16.8. The van der Waals surface area contributed by atoms with Crippen molar-refractivity contribution in [1.82, 2.24) is 9.80 Å². The lowest BCUT2D eigenvalue weighted by Gasteiger charge is -2.33. The molecule has 1 aliphatic heterocycles. The van der Waals surface area contributed by atoms with Crippen LogP contribution in [0.5, 0.6) is 0 Å². The van der Waals surface area contributed by atoms with Crippen molar-refractivity contribution in [2.45, 2.75) is 44.6 Å². The number of hydrogen-bond acceptors (Lipinski definition) is 3. The van der Waals surface area contributed by atoms with Crippen LogP contribution >= 0.6 is 0 Å². The molecule has 0 spiro atoms. The Morgan fingerprint density at radius 2 is 1.83 bits per heavy atom. The highest BCUT2D eigenvalue weighted by molar-refractivity contribution is 5.78. The maximum atomic E-state index is 12.5. The molecule has 1 saturated carbocycles. The van der Waals surface area contributed by atoms with Gasteiger partial charge in [0.25, 0.3) is 0 Å². The maximum absolute atomic E-state index is 12.5. The van der Waals surface area contributed by atoms with Crippen molar-refractivity contribution in [3.8, 4) is 0 Å². The second-order valence-electron chi connectivity index (χ2n) is 7.27. The second kappa shape index (κ2) is 8.63. The van der Waals surface area contributed by atoms with E-state index < -0.39 is 0 Å². The van der Waals surface area contributed by atoms with Crippen LogP contribution in [0.1, 0.15) is 37.7 Å². The maximum Gasteiger partial charge on any atom is 0.236 e. The minimum absolute atomic E-state index is 0.144. The molecule has 0 atom stereocenters. The third kappa shape index (κ3) is 5.05. The number of rotatable bonds is 8. The van der Waals surface area contributed by atoms with Crippen molar-refractivity contribution in [3.05, 3.63) is 35.9 Å². The summed E-state index contributed by atoms with van der Waals surface area (Å²) in [6, 6.07) is 11.2. The zero-order valence-corrected chi connectivity index (χ0v) is 14.6. The van der Waals surface area contributed by atoms with Crippen LogP contribution in [-0.4, -0.2) is 59.6 Å². The van der Waals surface area contributed by atoms with E-state index in [2.05, 4.69) is 35.2 Å². The van der Waals surface area contributed by atoms with Gasteiger partial charge in [0.1, 0.15) is 0 Å². The number of aliphatic hydroxyl groups is 1. The van der Waals surface area contributed by atoms with E-state index in [9.17, 15) is 4.79 Å². The standard InChI is InChI=1S/C20H30N2O2/c23-15-14-22(19-8-9-19)16-20(24)21-12-10-18(11-13-21)7-6-17-4-2-1-3-5-17/h1-5,18-19,23H,6-16H2. The van der Waals surface area contributed by atoms with Gasteiger partial charge in [0.05, 0.1) is 13.2 Å². The van der Waals surface area contributed by atoms with Gasteiger partial charge < -0.3 is 10.0 Å². The summed E-state index contributed by atoms with van der Waals surface area (Å²) in [6.07, 6.45) is 6.98. The fourth-order valence-corrected chi connectivity index (χ4v) is 3.72. The van der Waals surface area contributed by atoms with E-state index >= 15 is 0 Å². The normalized spacial score (nSPS) is 19.0. The molecule has 1 N–H and O–H groups in total. The molecule has 0 radical (unpaired) electrons. The van der Waals surface area contributed by atoms with E-state index in [4.69, 9.17) is 5.11 Å². The number of benzene rings is 1. The van der Waals surface area contributed by atoms with Crippen LogP contribution in [0.2, 0.25) is 0 Å². The average Bonchev–Trinajstić information content (AvgIpc) is 3.46. The molecule has 1 aromatic rings. The van der Waals surface area contributed by atoms with Crippen molar-refractivity contribution < 1.29 is 9.90 Å². The summed E-state index contributed by atoms with van der Waals surface area (Å²) in [7, 11) is 0. The minimum Gasteiger partial charge on any atom is -0.395 e. The molecule has 1 amide bonds. The Morgan fingerprint density at radius 3 is 2.46 bits per heavy atom. The molecule has 24 heavy (non-hydrogen) atoms. The zero-order valence-electron chi connectivity index (χ0n) is 14.6. The third-order valence-corrected chi connectivity index (χ3v) is 5.44. The van der Waals surface area contributed by atoms with Crippen LogP contribution in [0.15, 0.2) is 30.3 Å². The van der Waals surface area contributed by atoms with Crippen molar-refractivity contribution in [3.63, 3.8) is 0 Å². The highest BCUT2D eigenvalue weighted by Gasteiger charge is 2.31. The highest BCUT2D eigenvalue weighted by atomic mass is 16.3. The van der Waals surface area contributed by atoms with Gasteiger partial charge in [0.15, 0.2) is 0 Å². The Balaban J connectivity index is 1.38. The van der Waals surface area contributed by atoms with Crippen LogP contribution in [0.4, 0.5) is 0 Å². The number of piperidine rings is 1. The largest absolute Gasteiger partial charge is 0.395 e. The molecule has 2 aliphatic rings. The SMILES string of the molecule is O=C(CN(CCO)C1CC1)N1CCC(CCc2ccccc2)CC1. The summed E-state index contributed by atoms with van der Waals surface area (Å²) in [4.78, 5) is 16.7. The van der Waals surface area contributed by atoms with Crippen LogP contribution in [0.3, 0.4) is 0 Å². The number of aliphatic hydroxyl groups excluding tert-OH is 1. The van der Waals surface area contributed by atoms with Gasteiger partial charge in [0.2, 0.25) is 5.91 Å². The predicted molar refractivity (Wildman–Crippen MR) is 95.7 cm³/mol. The first-order valence-electron chi connectivity index (χ1n) is 9.43. The Labute approximate surface area is 145 Å². The molecular formula is C20H30N2O2. The first-order valence-corrected chi connectivity index (χ1v) is 9.43. The minimum atomic E-state index is 0.144. The fraction of sp³-hybridized carbons (Fsp3) is 0.650. The number of likely N-dealkylation sites (tertiary alicyclic amines) is 1. The molecule has 0 bridgehead atoms. The van der Waals surface area contributed by atoms with Crippen molar-refractivity contribution >= 4 is 5.91 Å². The summed E-state index contributed by atoms with van der Waals surface area (Å²) in [5, 5.41) is 9.16. The molecule has 4 heteroatoms. The van der Waals surface area contributed by atoms with Crippen LogP contribution in [0, 0.1) is 5.92 Å². The number of aryl methyl sites for hydroxylation is 1. The topological polar surface area (TPSA) is 43.8 Å². The first kappa shape index (κ1) is 17.4. The van der Waals surface area contributed by atoms with Gasteiger partial charge in [-0.15, -0.1) is 0 Å². The van der Waals surface area contributed by atoms with Gasteiger partial charge in [-0.1, -0.05) is 30.3 Å². The van der Waals surface area contributed by atoms with E-state index in [0.717, 1.165) is 38.3 Å². The van der Waals surface area contributed by atoms with Crippen molar-refractivity contribution in [2.24, 2.45) is 5.92 Å². The number of carbonyl (C=O) groups excluding carboxylic acids is 1. The Morgan fingerprint density at radius 1 is 1.12 bits per heavy atom. The summed E-state index contributed by atoms with van der Waals surface area (Å²) in [6.45, 7) is 3.06. The van der Waals surface area contributed by atoms with E-state index in [0.29, 0.717) is 19.1 Å². The lowest BCUT2D eigenvalue weighted by Crippen LogP contribution is -2.45.